The molecule has 2 rings (SSSR count). The van der Waals surface area contributed by atoms with E-state index in [4.69, 9.17) is 23.2 Å². The first-order chi connectivity index (χ1) is 11.7. The van der Waals surface area contributed by atoms with Crippen LogP contribution in [0.15, 0.2) is 35.3 Å². The van der Waals surface area contributed by atoms with Crippen molar-refractivity contribution in [3.05, 3.63) is 62.0 Å². The average molecular weight is 382 g/mol. The summed E-state index contributed by atoms with van der Waals surface area (Å²) in [6.07, 6.45) is 1.95. The van der Waals surface area contributed by atoms with Gasteiger partial charge in [0.2, 0.25) is 5.91 Å². The summed E-state index contributed by atoms with van der Waals surface area (Å²) in [5, 5.41) is 6.51. The summed E-state index contributed by atoms with van der Waals surface area (Å²) in [6, 6.07) is 8.35. The van der Waals surface area contributed by atoms with Gasteiger partial charge < -0.3 is 5.32 Å². The minimum absolute atomic E-state index is 0.0713. The van der Waals surface area contributed by atoms with Gasteiger partial charge in [-0.1, -0.05) is 68.2 Å². The van der Waals surface area contributed by atoms with E-state index in [0.29, 0.717) is 13.0 Å². The zero-order valence-corrected chi connectivity index (χ0v) is 16.0. The maximum absolute atomic E-state index is 11.9. The largest absolute Gasteiger partial charge is 0.354 e. The van der Waals surface area contributed by atoms with E-state index in [9.17, 15) is 9.59 Å². The van der Waals surface area contributed by atoms with Crippen molar-refractivity contribution in [2.24, 2.45) is 0 Å². The maximum Gasteiger partial charge on any atom is 0.287 e. The van der Waals surface area contributed by atoms with Crippen molar-refractivity contribution in [1.82, 2.24) is 15.1 Å². The van der Waals surface area contributed by atoms with Gasteiger partial charge in [0.25, 0.3) is 5.56 Å². The number of benzene rings is 1. The Morgan fingerprint density at radius 1 is 1.20 bits per heavy atom. The first-order valence-corrected chi connectivity index (χ1v) is 8.71. The van der Waals surface area contributed by atoms with Crippen LogP contribution in [0.3, 0.4) is 0 Å². The summed E-state index contributed by atoms with van der Waals surface area (Å²) in [6.45, 7) is 6.78. The molecule has 7 heteroatoms. The molecule has 0 aliphatic carbocycles. The van der Waals surface area contributed by atoms with Crippen LogP contribution in [0.1, 0.15) is 31.9 Å². The van der Waals surface area contributed by atoms with E-state index in [1.807, 2.05) is 0 Å². The van der Waals surface area contributed by atoms with Gasteiger partial charge in [-0.2, -0.15) is 5.10 Å². The highest BCUT2D eigenvalue weighted by atomic mass is 35.5. The zero-order chi connectivity index (χ0) is 18.6. The molecule has 1 aromatic carbocycles. The lowest BCUT2D eigenvalue weighted by Crippen LogP contribution is -2.34. The number of halogens is 2. The fraction of sp³-hybridized carbons (Fsp3) is 0.389. The summed E-state index contributed by atoms with van der Waals surface area (Å²) >= 11 is 11.5. The minimum Gasteiger partial charge on any atom is -0.354 e. The number of rotatable bonds is 5. The van der Waals surface area contributed by atoms with Crippen molar-refractivity contribution >= 4 is 29.1 Å². The van der Waals surface area contributed by atoms with Gasteiger partial charge in [0.15, 0.2) is 0 Å². The van der Waals surface area contributed by atoms with Gasteiger partial charge in [0.1, 0.15) is 11.6 Å². The van der Waals surface area contributed by atoms with Gasteiger partial charge in [0, 0.05) is 6.54 Å². The summed E-state index contributed by atoms with van der Waals surface area (Å²) in [7, 11) is 0. The van der Waals surface area contributed by atoms with Crippen molar-refractivity contribution in [2.75, 3.05) is 6.54 Å². The van der Waals surface area contributed by atoms with Gasteiger partial charge in [-0.25, -0.2) is 4.68 Å². The van der Waals surface area contributed by atoms with E-state index in [2.05, 4.69) is 55.5 Å². The molecule has 1 amide bonds. The van der Waals surface area contributed by atoms with Crippen LogP contribution in [-0.2, 0) is 23.2 Å². The van der Waals surface area contributed by atoms with Gasteiger partial charge in [0.05, 0.1) is 11.2 Å². The predicted octanol–water partition coefficient (Wildman–Crippen LogP) is 3.21. The lowest BCUT2D eigenvalue weighted by Gasteiger charge is -2.19. The number of aromatic nitrogens is 2. The molecule has 0 radical (unpaired) electrons. The average Bonchev–Trinajstić information content (AvgIpc) is 2.55. The first-order valence-electron chi connectivity index (χ1n) is 7.95. The van der Waals surface area contributed by atoms with Crippen LogP contribution >= 0.6 is 23.2 Å². The smallest absolute Gasteiger partial charge is 0.287 e. The predicted molar refractivity (Wildman–Crippen MR) is 100 cm³/mol. The van der Waals surface area contributed by atoms with Crippen LogP contribution in [0.5, 0.6) is 0 Å². The highest BCUT2D eigenvalue weighted by Gasteiger charge is 2.13. The number of carbonyl (C=O) groups is 1. The van der Waals surface area contributed by atoms with Gasteiger partial charge in [-0.15, -0.1) is 0 Å². The Morgan fingerprint density at radius 2 is 1.84 bits per heavy atom. The number of amides is 1. The second-order valence-electron chi connectivity index (χ2n) is 6.82. The number of hydrogen-bond donors (Lipinski definition) is 1. The molecule has 2 aromatic rings. The Morgan fingerprint density at radius 3 is 2.44 bits per heavy atom. The van der Waals surface area contributed by atoms with Crippen LogP contribution < -0.4 is 10.9 Å². The van der Waals surface area contributed by atoms with Crippen LogP contribution in [-0.4, -0.2) is 22.2 Å². The van der Waals surface area contributed by atoms with Crippen molar-refractivity contribution in [2.45, 2.75) is 39.2 Å². The summed E-state index contributed by atoms with van der Waals surface area (Å²) in [5.41, 5.74) is 1.94. The third-order valence-corrected chi connectivity index (χ3v) is 4.54. The number of hydrogen-bond acceptors (Lipinski definition) is 3. The number of nitrogens with one attached hydrogen (secondary N) is 1. The maximum atomic E-state index is 11.9. The van der Waals surface area contributed by atoms with Crippen LogP contribution in [0.25, 0.3) is 0 Å². The molecular weight excluding hydrogens is 361 g/mol. The first kappa shape index (κ1) is 19.5. The lowest BCUT2D eigenvalue weighted by atomic mass is 9.86. The highest BCUT2D eigenvalue weighted by Crippen LogP contribution is 2.22. The van der Waals surface area contributed by atoms with E-state index in [0.717, 1.165) is 10.2 Å². The fourth-order valence-corrected chi connectivity index (χ4v) is 2.54. The lowest BCUT2D eigenvalue weighted by molar-refractivity contribution is -0.121. The van der Waals surface area contributed by atoms with Crippen LogP contribution in [0.2, 0.25) is 10.0 Å². The molecule has 0 spiro atoms. The monoisotopic (exact) mass is 381 g/mol. The molecule has 0 aliphatic rings. The SMILES string of the molecule is CC(C)(C)c1ccc(CCNC(=O)Cn2ncc(Cl)c(Cl)c2=O)cc1. The Labute approximate surface area is 157 Å². The molecule has 0 atom stereocenters. The van der Waals surface area contributed by atoms with E-state index in [-0.39, 0.29) is 27.9 Å². The van der Waals surface area contributed by atoms with Crippen molar-refractivity contribution in [1.29, 1.82) is 0 Å². The molecule has 0 saturated carbocycles. The molecule has 1 aromatic heterocycles. The Kier molecular flexibility index (Phi) is 6.25. The number of carbonyl (C=O) groups excluding carboxylic acids is 1. The Bertz CT molecular complexity index is 809. The van der Waals surface area contributed by atoms with Crippen molar-refractivity contribution in [3.63, 3.8) is 0 Å². The van der Waals surface area contributed by atoms with Crippen molar-refractivity contribution < 1.29 is 4.79 Å². The van der Waals surface area contributed by atoms with E-state index >= 15 is 0 Å². The summed E-state index contributed by atoms with van der Waals surface area (Å²) in [4.78, 5) is 23.8. The Hall–Kier alpha value is -1.85. The quantitative estimate of drug-likeness (QED) is 0.864. The van der Waals surface area contributed by atoms with E-state index in [1.54, 1.807) is 0 Å². The molecule has 25 heavy (non-hydrogen) atoms. The molecule has 1 N–H and O–H groups in total. The molecule has 0 aliphatic heterocycles. The second kappa shape index (κ2) is 8.02. The van der Waals surface area contributed by atoms with Crippen LogP contribution in [0, 0.1) is 0 Å². The Balaban J connectivity index is 1.87. The third kappa shape index (κ3) is 5.31. The highest BCUT2D eigenvalue weighted by molar-refractivity contribution is 6.41. The third-order valence-electron chi connectivity index (χ3n) is 3.79. The molecule has 0 saturated heterocycles. The zero-order valence-electron chi connectivity index (χ0n) is 14.5. The van der Waals surface area contributed by atoms with Gasteiger partial charge in [-0.3, -0.25) is 9.59 Å². The molecular formula is C18H21Cl2N3O2. The topological polar surface area (TPSA) is 64.0 Å². The molecule has 1 heterocycles. The van der Waals surface area contributed by atoms with E-state index in [1.165, 1.54) is 11.8 Å². The van der Waals surface area contributed by atoms with Gasteiger partial charge in [-0.05, 0) is 23.0 Å². The molecule has 0 bridgehead atoms. The normalized spacial score (nSPS) is 11.4. The van der Waals surface area contributed by atoms with Crippen molar-refractivity contribution in [3.8, 4) is 0 Å². The minimum atomic E-state index is -0.581. The number of nitrogens with zero attached hydrogens (tertiary/aromatic N) is 2. The molecule has 0 fully saturated rings. The molecule has 5 nitrogen and oxygen atoms in total. The second-order valence-corrected chi connectivity index (χ2v) is 7.60. The summed E-state index contributed by atoms with van der Waals surface area (Å²) in [5.74, 6) is -0.306. The summed E-state index contributed by atoms with van der Waals surface area (Å²) < 4.78 is 0.988. The standard InChI is InChI=1S/C18H21Cl2N3O2/c1-18(2,3)13-6-4-12(5-7-13)8-9-21-15(24)11-23-17(25)16(20)14(19)10-22-23/h4-7,10H,8-9,11H2,1-3H3,(H,21,24). The van der Waals surface area contributed by atoms with E-state index < -0.39 is 5.56 Å². The van der Waals surface area contributed by atoms with Crippen LogP contribution in [0.4, 0.5) is 0 Å². The van der Waals surface area contributed by atoms with Gasteiger partial charge >= 0.3 is 0 Å². The molecule has 0 unspecified atom stereocenters. The fourth-order valence-electron chi connectivity index (χ4n) is 2.27. The molecule has 134 valence electrons.